The molecule has 3 nitrogen and oxygen atoms in total. The molecule has 2 atom stereocenters. The highest BCUT2D eigenvalue weighted by atomic mass is 79.9. The molecule has 1 N–H and O–H groups in total. The van der Waals surface area contributed by atoms with Crippen molar-refractivity contribution in [1.29, 1.82) is 0 Å². The van der Waals surface area contributed by atoms with Crippen LogP contribution < -0.4 is 0 Å². The molecule has 2 aromatic carbocycles. The first-order valence-corrected chi connectivity index (χ1v) is 10.3. The Bertz CT molecular complexity index is 668. The summed E-state index contributed by atoms with van der Waals surface area (Å²) >= 11 is 3.43. The first-order valence-electron chi connectivity index (χ1n) is 9.53. The van der Waals surface area contributed by atoms with Gasteiger partial charge in [0, 0.05) is 17.4 Å². The van der Waals surface area contributed by atoms with Crippen molar-refractivity contribution in [2.24, 2.45) is 5.92 Å². The molecule has 0 aromatic heterocycles. The Morgan fingerprint density at radius 3 is 2.07 bits per heavy atom. The van der Waals surface area contributed by atoms with Crippen LogP contribution in [0.3, 0.4) is 0 Å². The van der Waals surface area contributed by atoms with Crippen LogP contribution in [0.15, 0.2) is 65.1 Å². The molecule has 0 radical (unpaired) electrons. The lowest BCUT2D eigenvalue weighted by atomic mass is 9.85. The Morgan fingerprint density at radius 2 is 1.63 bits per heavy atom. The Kier molecular flexibility index (Phi) is 8.06. The molecule has 146 valence electrons. The van der Waals surface area contributed by atoms with Crippen LogP contribution in [0.2, 0.25) is 0 Å². The molecule has 2 aromatic rings. The number of hydrogen-bond donors (Lipinski definition) is 1. The van der Waals surface area contributed by atoms with Crippen LogP contribution in [-0.2, 0) is 4.79 Å². The number of aliphatic hydroxyl groups is 1. The van der Waals surface area contributed by atoms with Crippen LogP contribution in [0.4, 0.5) is 0 Å². The van der Waals surface area contributed by atoms with E-state index in [0.717, 1.165) is 23.0 Å². The molecule has 1 aliphatic heterocycles. The minimum Gasteiger partial charge on any atom is -0.390 e. The molecule has 1 saturated heterocycles. The van der Waals surface area contributed by atoms with Gasteiger partial charge in [-0.2, -0.15) is 0 Å². The average Bonchev–Trinajstić information content (AvgIpc) is 2.62. The second-order valence-electron chi connectivity index (χ2n) is 7.84. The number of piperidine rings is 1. The van der Waals surface area contributed by atoms with Crippen LogP contribution in [0.25, 0.3) is 0 Å². The quantitative estimate of drug-likeness (QED) is 0.684. The highest BCUT2D eigenvalue weighted by Gasteiger charge is 2.32. The van der Waals surface area contributed by atoms with Crippen LogP contribution in [-0.4, -0.2) is 28.1 Å². The molecule has 1 aliphatic rings. The van der Waals surface area contributed by atoms with E-state index < -0.39 is 5.60 Å². The van der Waals surface area contributed by atoms with E-state index in [-0.39, 0.29) is 11.9 Å². The third-order valence-corrected chi connectivity index (χ3v) is 5.37. The molecule has 27 heavy (non-hydrogen) atoms. The lowest BCUT2D eigenvalue weighted by Gasteiger charge is -2.37. The average molecular weight is 432 g/mol. The number of benzene rings is 2. The number of carbonyl (C=O) groups excluding carboxylic acids is 1. The normalized spacial score (nSPS) is 18.5. The Balaban J connectivity index is 0.000000369. The van der Waals surface area contributed by atoms with Crippen molar-refractivity contribution in [3.05, 3.63) is 70.7 Å². The standard InChI is InChI=1S/C17H24BrNO2.C6H6/c1-12(14-4-6-15(18)7-5-14)19-9-8-13(10-16(19)20)11-17(2,3)21;1-2-4-6-5-3-1/h4-7,12-13,21H,8-11H2,1-3H3;1-6H. The summed E-state index contributed by atoms with van der Waals surface area (Å²) in [5, 5.41) is 9.91. The minimum atomic E-state index is -0.690. The van der Waals surface area contributed by atoms with Crippen LogP contribution in [0, 0.1) is 5.92 Å². The monoisotopic (exact) mass is 431 g/mol. The minimum absolute atomic E-state index is 0.105. The number of carbonyl (C=O) groups is 1. The third kappa shape index (κ3) is 7.47. The van der Waals surface area contributed by atoms with Gasteiger partial charge in [-0.3, -0.25) is 4.79 Å². The first kappa shape index (κ1) is 21.6. The molecular weight excluding hydrogens is 402 g/mol. The maximum absolute atomic E-state index is 12.4. The lowest BCUT2D eigenvalue weighted by molar-refractivity contribution is -0.138. The van der Waals surface area contributed by atoms with Crippen molar-refractivity contribution in [1.82, 2.24) is 4.90 Å². The van der Waals surface area contributed by atoms with Crippen LogP contribution >= 0.6 is 15.9 Å². The number of hydrogen-bond acceptors (Lipinski definition) is 2. The molecule has 0 saturated carbocycles. The second-order valence-corrected chi connectivity index (χ2v) is 8.76. The van der Waals surface area contributed by atoms with Gasteiger partial charge in [0.25, 0.3) is 0 Å². The van der Waals surface area contributed by atoms with Gasteiger partial charge in [0.2, 0.25) is 5.91 Å². The van der Waals surface area contributed by atoms with E-state index in [1.807, 2.05) is 67.3 Å². The van der Waals surface area contributed by atoms with Gasteiger partial charge in [0.1, 0.15) is 0 Å². The summed E-state index contributed by atoms with van der Waals surface area (Å²) in [7, 11) is 0. The Hall–Kier alpha value is -1.65. The van der Waals surface area contributed by atoms with Crippen molar-refractivity contribution in [2.45, 2.75) is 51.7 Å². The summed E-state index contributed by atoms with van der Waals surface area (Å²) in [4.78, 5) is 14.4. The smallest absolute Gasteiger partial charge is 0.223 e. The maximum atomic E-state index is 12.4. The zero-order valence-corrected chi connectivity index (χ0v) is 18.0. The first-order chi connectivity index (χ1) is 12.8. The molecule has 3 rings (SSSR count). The number of amides is 1. The van der Waals surface area contributed by atoms with Crippen molar-refractivity contribution >= 4 is 21.8 Å². The number of nitrogens with zero attached hydrogens (tertiary/aromatic N) is 1. The van der Waals surface area contributed by atoms with Crippen molar-refractivity contribution < 1.29 is 9.90 Å². The predicted octanol–water partition coefficient (Wildman–Crippen LogP) is 5.60. The summed E-state index contributed by atoms with van der Waals surface area (Å²) in [6, 6.07) is 20.2. The Morgan fingerprint density at radius 1 is 1.11 bits per heavy atom. The fraction of sp³-hybridized carbons (Fsp3) is 0.435. The van der Waals surface area contributed by atoms with Gasteiger partial charge in [0.05, 0.1) is 11.6 Å². The van der Waals surface area contributed by atoms with Gasteiger partial charge in [-0.1, -0.05) is 64.5 Å². The van der Waals surface area contributed by atoms with Crippen LogP contribution in [0.1, 0.15) is 51.6 Å². The van der Waals surface area contributed by atoms with Gasteiger partial charge in [0.15, 0.2) is 0 Å². The van der Waals surface area contributed by atoms with Gasteiger partial charge in [-0.05, 0) is 57.2 Å². The largest absolute Gasteiger partial charge is 0.390 e. The van der Waals surface area contributed by atoms with E-state index in [1.54, 1.807) is 0 Å². The molecule has 1 fully saturated rings. The molecule has 0 bridgehead atoms. The lowest BCUT2D eigenvalue weighted by Crippen LogP contribution is -2.41. The van der Waals surface area contributed by atoms with Crippen LogP contribution in [0.5, 0.6) is 0 Å². The van der Waals surface area contributed by atoms with Crippen molar-refractivity contribution in [3.63, 3.8) is 0 Å². The Labute approximate surface area is 171 Å². The van der Waals surface area contributed by atoms with E-state index in [0.29, 0.717) is 18.8 Å². The molecule has 2 unspecified atom stereocenters. The van der Waals surface area contributed by atoms with Gasteiger partial charge in [-0.15, -0.1) is 0 Å². The SMILES string of the molecule is CC(c1ccc(Br)cc1)N1CCC(CC(C)(C)O)CC1=O.c1ccccc1. The summed E-state index contributed by atoms with van der Waals surface area (Å²) in [5.74, 6) is 0.497. The summed E-state index contributed by atoms with van der Waals surface area (Å²) in [6.45, 7) is 6.48. The van der Waals surface area contributed by atoms with E-state index in [4.69, 9.17) is 0 Å². The topological polar surface area (TPSA) is 40.5 Å². The summed E-state index contributed by atoms with van der Waals surface area (Å²) in [6.07, 6.45) is 2.21. The number of halogens is 1. The molecular formula is C23H30BrNO2. The number of rotatable bonds is 4. The molecule has 1 heterocycles. The van der Waals surface area contributed by atoms with Crippen molar-refractivity contribution in [3.8, 4) is 0 Å². The highest BCUT2D eigenvalue weighted by Crippen LogP contribution is 2.31. The molecule has 4 heteroatoms. The van der Waals surface area contributed by atoms with E-state index in [9.17, 15) is 9.90 Å². The predicted molar refractivity (Wildman–Crippen MR) is 114 cm³/mol. The van der Waals surface area contributed by atoms with Crippen molar-refractivity contribution in [2.75, 3.05) is 6.54 Å². The van der Waals surface area contributed by atoms with E-state index in [1.165, 1.54) is 0 Å². The zero-order chi connectivity index (χ0) is 19.9. The maximum Gasteiger partial charge on any atom is 0.223 e. The van der Waals surface area contributed by atoms with E-state index >= 15 is 0 Å². The number of likely N-dealkylation sites (tertiary alicyclic amines) is 1. The fourth-order valence-corrected chi connectivity index (χ4v) is 3.77. The molecule has 0 spiro atoms. The second kappa shape index (κ2) is 10.0. The molecule has 1 amide bonds. The van der Waals surface area contributed by atoms with Gasteiger partial charge in [-0.25, -0.2) is 0 Å². The zero-order valence-electron chi connectivity index (χ0n) is 16.4. The summed E-state index contributed by atoms with van der Waals surface area (Å²) in [5.41, 5.74) is 0.470. The third-order valence-electron chi connectivity index (χ3n) is 4.84. The summed E-state index contributed by atoms with van der Waals surface area (Å²) < 4.78 is 1.05. The fourth-order valence-electron chi connectivity index (χ4n) is 3.51. The van der Waals surface area contributed by atoms with Gasteiger partial charge >= 0.3 is 0 Å². The van der Waals surface area contributed by atoms with E-state index in [2.05, 4.69) is 35.0 Å². The molecule has 0 aliphatic carbocycles. The van der Waals surface area contributed by atoms with Gasteiger partial charge < -0.3 is 10.0 Å². The highest BCUT2D eigenvalue weighted by molar-refractivity contribution is 9.10.